The van der Waals surface area contributed by atoms with Crippen molar-refractivity contribution in [2.75, 3.05) is 0 Å². The van der Waals surface area contributed by atoms with Crippen molar-refractivity contribution < 1.29 is 0 Å². The first-order valence-corrected chi connectivity index (χ1v) is 7.58. The molecule has 0 saturated carbocycles. The van der Waals surface area contributed by atoms with Crippen LogP contribution in [0.3, 0.4) is 0 Å². The van der Waals surface area contributed by atoms with Crippen LogP contribution >= 0.6 is 39.7 Å². The van der Waals surface area contributed by atoms with Crippen LogP contribution in [0, 0.1) is 18.6 Å². The van der Waals surface area contributed by atoms with Gasteiger partial charge in [0.2, 0.25) is 0 Å². The fourth-order valence-electron chi connectivity index (χ4n) is 2.43. The molecule has 2 heterocycles. The number of H-pyrrole nitrogens is 1. The molecule has 20 heavy (non-hydrogen) atoms. The third-order valence-corrected chi connectivity index (χ3v) is 4.12. The molecule has 0 spiro atoms. The molecular weight excluding hydrogens is 358 g/mol. The van der Waals surface area contributed by atoms with Crippen molar-refractivity contribution in [2.24, 2.45) is 0 Å². The number of aromatic nitrogens is 3. The number of aryl methyl sites for hydroxylation is 2. The average Bonchev–Trinajstić information content (AvgIpc) is 2.64. The molecule has 102 valence electrons. The van der Waals surface area contributed by atoms with Crippen molar-refractivity contribution >= 4 is 50.9 Å². The Labute approximate surface area is 134 Å². The van der Waals surface area contributed by atoms with E-state index in [1.165, 1.54) is 0 Å². The quantitative estimate of drug-likeness (QED) is 0.605. The zero-order chi connectivity index (χ0) is 14.4. The molecular formula is C14H11BrClN3S. The Hall–Kier alpha value is -1.17. The summed E-state index contributed by atoms with van der Waals surface area (Å²) in [5.74, 6) is 0. The van der Waals surface area contributed by atoms with E-state index in [1.807, 2.05) is 10.6 Å². The van der Waals surface area contributed by atoms with E-state index in [-0.39, 0.29) is 0 Å². The molecule has 0 atom stereocenters. The minimum atomic E-state index is 0.588. The van der Waals surface area contributed by atoms with Crippen LogP contribution in [-0.4, -0.2) is 14.5 Å². The summed E-state index contributed by atoms with van der Waals surface area (Å²) in [6.07, 6.45) is 1.63. The maximum atomic E-state index is 5.98. The van der Waals surface area contributed by atoms with Crippen LogP contribution in [0.1, 0.15) is 11.1 Å². The Bertz CT molecular complexity index is 859. The lowest BCUT2D eigenvalue weighted by Crippen LogP contribution is -2.01. The van der Waals surface area contributed by atoms with E-state index in [2.05, 4.69) is 51.9 Å². The molecule has 0 aliphatic rings. The maximum Gasteiger partial charge on any atom is 0.184 e. The van der Waals surface area contributed by atoms with E-state index in [0.717, 1.165) is 32.5 Å². The molecule has 0 unspecified atom stereocenters. The SMILES string of the molecule is Cc1cc(Br)cc(C)c1-n1c(=S)[nH]c2cc(Cl)cnc21. The molecule has 2 aromatic heterocycles. The smallest absolute Gasteiger partial charge is 0.184 e. The van der Waals surface area contributed by atoms with Gasteiger partial charge in [0.25, 0.3) is 0 Å². The van der Waals surface area contributed by atoms with Gasteiger partial charge in [-0.25, -0.2) is 4.98 Å². The van der Waals surface area contributed by atoms with Gasteiger partial charge >= 0.3 is 0 Å². The fourth-order valence-corrected chi connectivity index (χ4v) is 3.57. The van der Waals surface area contributed by atoms with Crippen molar-refractivity contribution in [1.29, 1.82) is 0 Å². The summed E-state index contributed by atoms with van der Waals surface area (Å²) in [6.45, 7) is 4.12. The molecule has 0 saturated heterocycles. The Morgan fingerprint density at radius 2 is 1.90 bits per heavy atom. The van der Waals surface area contributed by atoms with Gasteiger partial charge in [-0.2, -0.15) is 0 Å². The maximum absolute atomic E-state index is 5.98. The van der Waals surface area contributed by atoms with Crippen LogP contribution in [0.2, 0.25) is 5.02 Å². The molecule has 0 bridgehead atoms. The number of rotatable bonds is 1. The van der Waals surface area contributed by atoms with Crippen molar-refractivity contribution in [3.8, 4) is 5.69 Å². The highest BCUT2D eigenvalue weighted by atomic mass is 79.9. The predicted molar refractivity (Wildman–Crippen MR) is 88.4 cm³/mol. The van der Waals surface area contributed by atoms with Crippen LogP contribution < -0.4 is 0 Å². The lowest BCUT2D eigenvalue weighted by Gasteiger charge is -2.12. The number of benzene rings is 1. The minimum absolute atomic E-state index is 0.588. The van der Waals surface area contributed by atoms with Gasteiger partial charge in [0.15, 0.2) is 10.4 Å². The molecule has 0 aliphatic heterocycles. The molecule has 3 nitrogen and oxygen atoms in total. The third kappa shape index (κ3) is 2.20. The van der Waals surface area contributed by atoms with Gasteiger partial charge < -0.3 is 4.98 Å². The first kappa shape index (κ1) is 13.8. The van der Waals surface area contributed by atoms with Gasteiger partial charge in [0, 0.05) is 10.7 Å². The molecule has 0 aliphatic carbocycles. The number of hydrogen-bond donors (Lipinski definition) is 1. The van der Waals surface area contributed by atoms with E-state index in [9.17, 15) is 0 Å². The van der Waals surface area contributed by atoms with Crippen molar-refractivity contribution in [1.82, 2.24) is 14.5 Å². The van der Waals surface area contributed by atoms with Crippen LogP contribution in [0.4, 0.5) is 0 Å². The normalized spacial score (nSPS) is 11.2. The van der Waals surface area contributed by atoms with Crippen LogP contribution in [0.5, 0.6) is 0 Å². The Balaban J connectivity index is 2.41. The molecule has 3 aromatic rings. The van der Waals surface area contributed by atoms with Crippen LogP contribution in [0.15, 0.2) is 28.9 Å². The van der Waals surface area contributed by atoms with Crippen LogP contribution in [-0.2, 0) is 0 Å². The summed E-state index contributed by atoms with van der Waals surface area (Å²) >= 11 is 14.9. The van der Waals surface area contributed by atoms with Gasteiger partial charge in [-0.15, -0.1) is 0 Å². The molecule has 0 amide bonds. The topological polar surface area (TPSA) is 33.6 Å². The van der Waals surface area contributed by atoms with Gasteiger partial charge in [-0.05, 0) is 55.4 Å². The lowest BCUT2D eigenvalue weighted by molar-refractivity contribution is 1.01. The summed E-state index contributed by atoms with van der Waals surface area (Å²) in [5, 5.41) is 0.588. The third-order valence-electron chi connectivity index (χ3n) is 3.17. The van der Waals surface area contributed by atoms with Gasteiger partial charge in [0.1, 0.15) is 0 Å². The Morgan fingerprint density at radius 1 is 1.25 bits per heavy atom. The van der Waals surface area contributed by atoms with E-state index in [1.54, 1.807) is 6.20 Å². The number of imidazole rings is 1. The molecule has 6 heteroatoms. The second-order valence-corrected chi connectivity index (χ2v) is 6.42. The summed E-state index contributed by atoms with van der Waals surface area (Å²) in [7, 11) is 0. The largest absolute Gasteiger partial charge is 0.329 e. The minimum Gasteiger partial charge on any atom is -0.329 e. The number of aromatic amines is 1. The lowest BCUT2D eigenvalue weighted by atomic mass is 10.1. The second kappa shape index (κ2) is 4.98. The van der Waals surface area contributed by atoms with Gasteiger partial charge in [-0.3, -0.25) is 4.57 Å². The fraction of sp³-hybridized carbons (Fsp3) is 0.143. The van der Waals surface area contributed by atoms with E-state index < -0.39 is 0 Å². The molecule has 1 aromatic carbocycles. The van der Waals surface area contributed by atoms with Gasteiger partial charge in [-0.1, -0.05) is 27.5 Å². The molecule has 3 rings (SSSR count). The average molecular weight is 369 g/mol. The van der Waals surface area contributed by atoms with Crippen molar-refractivity contribution in [2.45, 2.75) is 13.8 Å². The standard InChI is InChI=1S/C14H11BrClN3S/c1-7-3-9(15)4-8(2)12(7)19-13-11(18-14(19)20)5-10(16)6-17-13/h3-6H,1-2H3,(H,18,20). The summed E-state index contributed by atoms with van der Waals surface area (Å²) < 4.78 is 3.62. The van der Waals surface area contributed by atoms with Crippen molar-refractivity contribution in [3.63, 3.8) is 0 Å². The highest BCUT2D eigenvalue weighted by Gasteiger charge is 2.13. The van der Waals surface area contributed by atoms with E-state index >= 15 is 0 Å². The zero-order valence-electron chi connectivity index (χ0n) is 10.9. The second-order valence-electron chi connectivity index (χ2n) is 4.68. The molecule has 0 radical (unpaired) electrons. The number of halogens is 2. The Kier molecular flexibility index (Phi) is 3.44. The zero-order valence-corrected chi connectivity index (χ0v) is 14.0. The number of nitrogens with zero attached hydrogens (tertiary/aromatic N) is 2. The number of nitrogens with one attached hydrogen (secondary N) is 1. The van der Waals surface area contributed by atoms with Gasteiger partial charge in [0.05, 0.1) is 16.2 Å². The first-order valence-electron chi connectivity index (χ1n) is 6.01. The van der Waals surface area contributed by atoms with Crippen molar-refractivity contribution in [3.05, 3.63) is 49.8 Å². The molecule has 1 N–H and O–H groups in total. The molecule has 0 fully saturated rings. The monoisotopic (exact) mass is 367 g/mol. The van der Waals surface area contributed by atoms with E-state index in [4.69, 9.17) is 23.8 Å². The summed E-state index contributed by atoms with van der Waals surface area (Å²) in [6, 6.07) is 5.97. The van der Waals surface area contributed by atoms with Crippen LogP contribution in [0.25, 0.3) is 16.9 Å². The number of fused-ring (bicyclic) bond motifs is 1. The van der Waals surface area contributed by atoms with E-state index in [0.29, 0.717) is 9.79 Å². The summed E-state index contributed by atoms with van der Waals surface area (Å²) in [4.78, 5) is 7.56. The number of pyridine rings is 1. The predicted octanol–water partition coefficient (Wildman–Crippen LogP) is 5.12. The highest BCUT2D eigenvalue weighted by molar-refractivity contribution is 9.10. The first-order chi connectivity index (χ1) is 9.47. The highest BCUT2D eigenvalue weighted by Crippen LogP contribution is 2.27. The summed E-state index contributed by atoms with van der Waals surface area (Å²) in [5.41, 5.74) is 4.94. The number of hydrogen-bond acceptors (Lipinski definition) is 2. The Morgan fingerprint density at radius 3 is 2.55 bits per heavy atom.